The lowest BCUT2D eigenvalue weighted by Crippen LogP contribution is -2.44. The molecular formula is C20H34FIN4. The molecule has 0 aromatic heterocycles. The predicted octanol–water partition coefficient (Wildman–Crippen LogP) is 3.62. The number of nitrogens with zero attached hydrogens (tertiary/aromatic N) is 2. The largest absolute Gasteiger partial charge is 0.357 e. The van der Waals surface area contributed by atoms with Gasteiger partial charge in [0.05, 0.1) is 6.54 Å². The number of rotatable bonds is 6. The van der Waals surface area contributed by atoms with Crippen LogP contribution in [0.3, 0.4) is 0 Å². The van der Waals surface area contributed by atoms with Gasteiger partial charge in [0.15, 0.2) is 5.96 Å². The molecule has 0 aliphatic carbocycles. The van der Waals surface area contributed by atoms with Crippen LogP contribution in [0, 0.1) is 11.7 Å². The van der Waals surface area contributed by atoms with Gasteiger partial charge >= 0.3 is 0 Å². The number of halogens is 2. The van der Waals surface area contributed by atoms with Crippen LogP contribution in [0.15, 0.2) is 29.3 Å². The molecule has 1 heterocycles. The third-order valence-corrected chi connectivity index (χ3v) is 4.86. The fraction of sp³-hybridized carbons (Fsp3) is 0.650. The van der Waals surface area contributed by atoms with Crippen molar-refractivity contribution in [3.63, 3.8) is 0 Å². The summed E-state index contributed by atoms with van der Waals surface area (Å²) in [7, 11) is 2.19. The van der Waals surface area contributed by atoms with Crippen molar-refractivity contribution in [3.8, 4) is 0 Å². The Morgan fingerprint density at radius 2 is 2.12 bits per heavy atom. The molecule has 1 aromatic carbocycles. The highest BCUT2D eigenvalue weighted by molar-refractivity contribution is 14.0. The highest BCUT2D eigenvalue weighted by atomic mass is 127. The van der Waals surface area contributed by atoms with E-state index in [4.69, 9.17) is 4.99 Å². The molecule has 6 heteroatoms. The van der Waals surface area contributed by atoms with Gasteiger partial charge in [-0.3, -0.25) is 4.99 Å². The molecular weight excluding hydrogens is 442 g/mol. The van der Waals surface area contributed by atoms with Gasteiger partial charge in [0.2, 0.25) is 0 Å². The summed E-state index contributed by atoms with van der Waals surface area (Å²) >= 11 is 0. The molecule has 1 saturated heterocycles. The van der Waals surface area contributed by atoms with Crippen LogP contribution < -0.4 is 10.6 Å². The molecule has 0 bridgehead atoms. The van der Waals surface area contributed by atoms with E-state index in [1.807, 2.05) is 6.07 Å². The average Bonchev–Trinajstić information content (AvgIpc) is 2.57. The summed E-state index contributed by atoms with van der Waals surface area (Å²) in [6, 6.07) is 6.82. The number of hydrogen-bond acceptors (Lipinski definition) is 2. The van der Waals surface area contributed by atoms with Gasteiger partial charge in [-0.25, -0.2) is 4.39 Å². The standard InChI is InChI=1S/C20H33FN4.HI/c1-5-22-19(23-13-16-8-7-11-25(4)14-16)24-15-20(2,3)17-9-6-10-18(21)12-17;/h6,9-10,12,16H,5,7-8,11,13-15H2,1-4H3,(H2,22,23,24);1H. The number of benzene rings is 1. The van der Waals surface area contributed by atoms with Crippen LogP contribution in [-0.4, -0.2) is 50.6 Å². The van der Waals surface area contributed by atoms with Gasteiger partial charge in [-0.1, -0.05) is 26.0 Å². The molecule has 1 aliphatic rings. The molecule has 4 nitrogen and oxygen atoms in total. The first-order valence-corrected chi connectivity index (χ1v) is 9.37. The maximum Gasteiger partial charge on any atom is 0.191 e. The van der Waals surface area contributed by atoms with Gasteiger partial charge in [0.25, 0.3) is 0 Å². The summed E-state index contributed by atoms with van der Waals surface area (Å²) in [5.41, 5.74) is 0.760. The SMILES string of the molecule is CCNC(=NCC(C)(C)c1cccc(F)c1)NCC1CCCN(C)C1.I. The molecule has 1 atom stereocenters. The molecule has 0 amide bonds. The number of piperidine rings is 1. The molecule has 0 radical (unpaired) electrons. The molecule has 26 heavy (non-hydrogen) atoms. The Bertz CT molecular complexity index is 577. The summed E-state index contributed by atoms with van der Waals surface area (Å²) in [5.74, 6) is 1.32. The monoisotopic (exact) mass is 476 g/mol. The van der Waals surface area contributed by atoms with Crippen LogP contribution in [0.5, 0.6) is 0 Å². The minimum atomic E-state index is -0.213. The quantitative estimate of drug-likeness (QED) is 0.375. The predicted molar refractivity (Wildman–Crippen MR) is 119 cm³/mol. The molecule has 1 fully saturated rings. The van der Waals surface area contributed by atoms with E-state index < -0.39 is 0 Å². The smallest absolute Gasteiger partial charge is 0.191 e. The fourth-order valence-electron chi connectivity index (χ4n) is 3.30. The van der Waals surface area contributed by atoms with Crippen LogP contribution in [-0.2, 0) is 5.41 Å². The van der Waals surface area contributed by atoms with Gasteiger partial charge in [-0.2, -0.15) is 0 Å². The molecule has 2 rings (SSSR count). The second kappa shape index (κ2) is 11.1. The highest BCUT2D eigenvalue weighted by Gasteiger charge is 2.21. The summed E-state index contributed by atoms with van der Waals surface area (Å²) in [6.45, 7) is 11.0. The molecule has 0 saturated carbocycles. The van der Waals surface area contributed by atoms with Gasteiger partial charge < -0.3 is 15.5 Å². The Hall–Kier alpha value is -0.890. The zero-order valence-electron chi connectivity index (χ0n) is 16.5. The van der Waals surface area contributed by atoms with Crippen LogP contribution in [0.2, 0.25) is 0 Å². The average molecular weight is 476 g/mol. The highest BCUT2D eigenvalue weighted by Crippen LogP contribution is 2.24. The van der Waals surface area contributed by atoms with Crippen molar-refractivity contribution in [2.24, 2.45) is 10.9 Å². The van der Waals surface area contributed by atoms with Gasteiger partial charge in [0.1, 0.15) is 5.82 Å². The lowest BCUT2D eigenvalue weighted by Gasteiger charge is -2.30. The summed E-state index contributed by atoms with van der Waals surface area (Å²) in [4.78, 5) is 7.15. The summed E-state index contributed by atoms with van der Waals surface area (Å²) in [6.07, 6.45) is 2.54. The lowest BCUT2D eigenvalue weighted by molar-refractivity contribution is 0.210. The second-order valence-electron chi connectivity index (χ2n) is 7.74. The third-order valence-electron chi connectivity index (χ3n) is 4.86. The third kappa shape index (κ3) is 7.39. The minimum absolute atomic E-state index is 0. The van der Waals surface area contributed by atoms with Crippen molar-refractivity contribution in [1.82, 2.24) is 15.5 Å². The van der Waals surface area contributed by atoms with Crippen molar-refractivity contribution in [2.45, 2.75) is 39.0 Å². The van der Waals surface area contributed by atoms with E-state index >= 15 is 0 Å². The van der Waals surface area contributed by atoms with E-state index in [9.17, 15) is 4.39 Å². The Morgan fingerprint density at radius 1 is 1.35 bits per heavy atom. The first-order valence-electron chi connectivity index (χ1n) is 9.37. The number of guanidine groups is 1. The Balaban J connectivity index is 0.00000338. The van der Waals surface area contributed by atoms with Gasteiger partial charge in [-0.15, -0.1) is 24.0 Å². The Labute approximate surface area is 175 Å². The number of likely N-dealkylation sites (tertiary alicyclic amines) is 1. The zero-order chi connectivity index (χ0) is 18.3. The maximum absolute atomic E-state index is 13.5. The second-order valence-corrected chi connectivity index (χ2v) is 7.74. The summed E-state index contributed by atoms with van der Waals surface area (Å²) in [5, 5.41) is 6.80. The topological polar surface area (TPSA) is 39.7 Å². The molecule has 0 spiro atoms. The Morgan fingerprint density at radius 3 is 2.77 bits per heavy atom. The van der Waals surface area contributed by atoms with Crippen LogP contribution in [0.25, 0.3) is 0 Å². The minimum Gasteiger partial charge on any atom is -0.357 e. The Kier molecular flexibility index (Phi) is 9.85. The molecule has 1 aliphatic heterocycles. The van der Waals surface area contributed by atoms with E-state index in [0.717, 1.165) is 31.2 Å². The van der Waals surface area contributed by atoms with Crippen molar-refractivity contribution >= 4 is 29.9 Å². The van der Waals surface area contributed by atoms with Gasteiger partial charge in [0, 0.05) is 25.0 Å². The van der Waals surface area contributed by atoms with Crippen molar-refractivity contribution in [1.29, 1.82) is 0 Å². The van der Waals surface area contributed by atoms with Crippen molar-refractivity contribution < 1.29 is 4.39 Å². The van der Waals surface area contributed by atoms with Gasteiger partial charge in [-0.05, 0) is 57.0 Å². The molecule has 2 N–H and O–H groups in total. The number of aliphatic imine (C=N–C) groups is 1. The molecule has 148 valence electrons. The first-order chi connectivity index (χ1) is 11.9. The summed E-state index contributed by atoms with van der Waals surface area (Å²) < 4.78 is 13.5. The van der Waals surface area contributed by atoms with Crippen LogP contribution in [0.4, 0.5) is 4.39 Å². The van der Waals surface area contributed by atoms with E-state index in [1.54, 1.807) is 12.1 Å². The van der Waals surface area contributed by atoms with Crippen LogP contribution >= 0.6 is 24.0 Å². The van der Waals surface area contributed by atoms with Crippen molar-refractivity contribution in [2.75, 3.05) is 39.8 Å². The maximum atomic E-state index is 13.5. The molecule has 1 aromatic rings. The van der Waals surface area contributed by atoms with E-state index in [2.05, 4.69) is 43.4 Å². The number of nitrogens with one attached hydrogen (secondary N) is 2. The van der Waals surface area contributed by atoms with E-state index in [-0.39, 0.29) is 35.2 Å². The van der Waals surface area contributed by atoms with Crippen molar-refractivity contribution in [3.05, 3.63) is 35.6 Å². The van der Waals surface area contributed by atoms with Crippen LogP contribution in [0.1, 0.15) is 39.2 Å². The zero-order valence-corrected chi connectivity index (χ0v) is 18.8. The lowest BCUT2D eigenvalue weighted by atomic mass is 9.85. The first kappa shape index (κ1) is 23.1. The number of hydrogen-bond donors (Lipinski definition) is 2. The van der Waals surface area contributed by atoms with E-state index in [0.29, 0.717) is 12.5 Å². The fourth-order valence-corrected chi connectivity index (χ4v) is 3.30. The van der Waals surface area contributed by atoms with E-state index in [1.165, 1.54) is 25.5 Å². The normalized spacial score (nSPS) is 19.0. The molecule has 1 unspecified atom stereocenters.